The predicted molar refractivity (Wildman–Crippen MR) is 115 cm³/mol. The molecule has 0 fully saturated rings. The summed E-state index contributed by atoms with van der Waals surface area (Å²) in [5, 5.41) is 8.45. The summed E-state index contributed by atoms with van der Waals surface area (Å²) >= 11 is 0. The number of rotatable bonds is 4. The van der Waals surface area contributed by atoms with E-state index in [2.05, 4.69) is 25.4 Å². The molecule has 31 heavy (non-hydrogen) atoms. The van der Waals surface area contributed by atoms with Crippen molar-refractivity contribution < 1.29 is 4.39 Å². The van der Waals surface area contributed by atoms with Crippen LogP contribution in [0.1, 0.15) is 5.56 Å². The number of aromatic nitrogens is 7. The quantitative estimate of drug-likeness (QED) is 0.481. The van der Waals surface area contributed by atoms with Gasteiger partial charge in [-0.15, -0.1) is 0 Å². The monoisotopic (exact) mass is 418 g/mol. The first kappa shape index (κ1) is 18.9. The van der Waals surface area contributed by atoms with Gasteiger partial charge in [-0.05, 0) is 18.2 Å². The van der Waals surface area contributed by atoms with Gasteiger partial charge < -0.3 is 5.32 Å². The maximum atomic E-state index is 14.2. The van der Waals surface area contributed by atoms with E-state index in [9.17, 15) is 9.18 Å². The van der Waals surface area contributed by atoms with Crippen LogP contribution in [0.3, 0.4) is 0 Å². The summed E-state index contributed by atoms with van der Waals surface area (Å²) in [7, 11) is 5.08. The largest absolute Gasteiger partial charge is 0.371 e. The molecule has 0 aliphatic carbocycles. The van der Waals surface area contributed by atoms with Crippen LogP contribution in [0.15, 0.2) is 47.4 Å². The van der Waals surface area contributed by atoms with Crippen LogP contribution in [-0.2, 0) is 20.6 Å². The zero-order valence-corrected chi connectivity index (χ0v) is 17.2. The maximum Gasteiger partial charge on any atom is 0.329 e. The Kier molecular flexibility index (Phi) is 4.28. The molecule has 0 radical (unpaired) electrons. The number of nitrogens with one attached hydrogen (secondary N) is 1. The third-order valence-corrected chi connectivity index (χ3v) is 5.33. The highest BCUT2D eigenvalue weighted by atomic mass is 19.1. The standard InChI is InChI=1S/C21H19FN8O/c1-23-18-16-20(29(3)21(31)28(16)2)26-17(25-18)15-13-8-6-10-24-19(13)30(27-15)11-12-7-4-5-9-14(12)22/h4-10H,11H2,1-3H3,(H,23,25,26). The molecule has 1 N–H and O–H groups in total. The summed E-state index contributed by atoms with van der Waals surface area (Å²) in [6.07, 6.45) is 1.66. The minimum Gasteiger partial charge on any atom is -0.371 e. The van der Waals surface area contributed by atoms with Crippen molar-refractivity contribution in [1.82, 2.24) is 33.9 Å². The van der Waals surface area contributed by atoms with Gasteiger partial charge in [0.2, 0.25) is 0 Å². The number of aryl methyl sites for hydroxylation is 2. The summed E-state index contributed by atoms with van der Waals surface area (Å²) < 4.78 is 18.8. The van der Waals surface area contributed by atoms with Gasteiger partial charge in [0.1, 0.15) is 17.0 Å². The molecule has 9 nitrogen and oxygen atoms in total. The first-order valence-corrected chi connectivity index (χ1v) is 9.66. The molecule has 0 saturated heterocycles. The minimum absolute atomic E-state index is 0.199. The highest BCUT2D eigenvalue weighted by molar-refractivity contribution is 5.92. The van der Waals surface area contributed by atoms with E-state index in [-0.39, 0.29) is 18.1 Å². The Morgan fingerprint density at radius 3 is 2.61 bits per heavy atom. The lowest BCUT2D eigenvalue weighted by Crippen LogP contribution is -2.19. The van der Waals surface area contributed by atoms with E-state index in [1.165, 1.54) is 15.2 Å². The Hall–Kier alpha value is -4.08. The molecule has 156 valence electrons. The number of benzene rings is 1. The van der Waals surface area contributed by atoms with Gasteiger partial charge in [-0.25, -0.2) is 28.8 Å². The van der Waals surface area contributed by atoms with Crippen LogP contribution in [0.25, 0.3) is 33.7 Å². The van der Waals surface area contributed by atoms with Crippen molar-refractivity contribution in [3.8, 4) is 11.5 Å². The summed E-state index contributed by atoms with van der Waals surface area (Å²) in [6, 6.07) is 10.2. The molecule has 0 atom stereocenters. The van der Waals surface area contributed by atoms with Crippen molar-refractivity contribution in [1.29, 1.82) is 0 Å². The van der Waals surface area contributed by atoms with E-state index in [1.54, 1.807) is 56.3 Å². The van der Waals surface area contributed by atoms with Crippen molar-refractivity contribution in [3.63, 3.8) is 0 Å². The van der Waals surface area contributed by atoms with Gasteiger partial charge in [0.05, 0.1) is 11.9 Å². The van der Waals surface area contributed by atoms with E-state index >= 15 is 0 Å². The van der Waals surface area contributed by atoms with Crippen LogP contribution in [0.2, 0.25) is 0 Å². The fraction of sp³-hybridized carbons (Fsp3) is 0.190. The van der Waals surface area contributed by atoms with Crippen LogP contribution >= 0.6 is 0 Å². The van der Waals surface area contributed by atoms with Gasteiger partial charge in [0.25, 0.3) is 0 Å². The van der Waals surface area contributed by atoms with Crippen LogP contribution in [0, 0.1) is 5.82 Å². The van der Waals surface area contributed by atoms with Crippen molar-refractivity contribution in [2.24, 2.45) is 14.1 Å². The van der Waals surface area contributed by atoms with Crippen molar-refractivity contribution in [2.45, 2.75) is 6.54 Å². The molecule has 10 heteroatoms. The van der Waals surface area contributed by atoms with E-state index in [1.807, 2.05) is 6.07 Å². The number of hydrogen-bond donors (Lipinski definition) is 1. The summed E-state index contributed by atoms with van der Waals surface area (Å²) in [4.78, 5) is 26.1. The second-order valence-electron chi connectivity index (χ2n) is 7.19. The highest BCUT2D eigenvalue weighted by Gasteiger charge is 2.21. The Morgan fingerprint density at radius 2 is 1.84 bits per heavy atom. The number of hydrogen-bond acceptors (Lipinski definition) is 6. The van der Waals surface area contributed by atoms with E-state index in [0.717, 1.165) is 5.39 Å². The summed E-state index contributed by atoms with van der Waals surface area (Å²) in [6.45, 7) is 0.213. The minimum atomic E-state index is -0.307. The first-order valence-electron chi connectivity index (χ1n) is 9.66. The zero-order chi connectivity index (χ0) is 21.7. The Balaban J connectivity index is 1.75. The highest BCUT2D eigenvalue weighted by Crippen LogP contribution is 2.28. The molecule has 5 rings (SSSR count). The van der Waals surface area contributed by atoms with Crippen LogP contribution in [0.4, 0.5) is 10.2 Å². The van der Waals surface area contributed by atoms with E-state index in [4.69, 9.17) is 0 Å². The van der Waals surface area contributed by atoms with Crippen molar-refractivity contribution in [2.75, 3.05) is 12.4 Å². The number of anilines is 1. The molecule has 0 spiro atoms. The van der Waals surface area contributed by atoms with Crippen molar-refractivity contribution in [3.05, 3.63) is 64.5 Å². The number of pyridine rings is 1. The van der Waals surface area contributed by atoms with Gasteiger partial charge in [-0.3, -0.25) is 9.13 Å². The molecule has 0 aliphatic heterocycles. The average Bonchev–Trinajstić information content (AvgIpc) is 3.26. The van der Waals surface area contributed by atoms with E-state index < -0.39 is 0 Å². The molecule has 0 amide bonds. The fourth-order valence-electron chi connectivity index (χ4n) is 3.75. The molecule has 5 aromatic rings. The van der Waals surface area contributed by atoms with Gasteiger partial charge in [0.15, 0.2) is 22.9 Å². The normalized spacial score (nSPS) is 11.5. The van der Waals surface area contributed by atoms with Gasteiger partial charge in [0, 0.05) is 32.9 Å². The summed E-state index contributed by atoms with van der Waals surface area (Å²) in [5.74, 6) is 0.558. The molecule has 0 bridgehead atoms. The lowest BCUT2D eigenvalue weighted by Gasteiger charge is -2.06. The summed E-state index contributed by atoms with van der Waals surface area (Å²) in [5.41, 5.74) is 2.50. The molecule has 1 aromatic carbocycles. The fourth-order valence-corrected chi connectivity index (χ4v) is 3.75. The first-order chi connectivity index (χ1) is 15.0. The van der Waals surface area contributed by atoms with Gasteiger partial charge in [-0.2, -0.15) is 5.10 Å². The number of halogens is 1. The Morgan fingerprint density at radius 1 is 1.03 bits per heavy atom. The Labute approximate surface area is 175 Å². The second-order valence-corrected chi connectivity index (χ2v) is 7.19. The number of fused-ring (bicyclic) bond motifs is 2. The molecular formula is C21H19FN8O. The SMILES string of the molecule is CNc1nc(-c2nn(Cc3ccccc3F)c3ncccc23)nc2c1n(C)c(=O)n2C. The third-order valence-electron chi connectivity index (χ3n) is 5.33. The topological polar surface area (TPSA) is 95.5 Å². The molecule has 4 heterocycles. The van der Waals surface area contributed by atoms with Gasteiger partial charge >= 0.3 is 5.69 Å². The lowest BCUT2D eigenvalue weighted by atomic mass is 10.2. The predicted octanol–water partition coefficient (Wildman–Crippen LogP) is 2.31. The second kappa shape index (κ2) is 7.01. The lowest BCUT2D eigenvalue weighted by molar-refractivity contribution is 0.589. The van der Waals surface area contributed by atoms with Gasteiger partial charge in [-0.1, -0.05) is 18.2 Å². The number of nitrogens with zero attached hydrogens (tertiary/aromatic N) is 7. The van der Waals surface area contributed by atoms with E-state index in [0.29, 0.717) is 39.7 Å². The Bertz CT molecular complexity index is 1510. The number of imidazole rings is 1. The molecule has 0 unspecified atom stereocenters. The van der Waals surface area contributed by atoms with Crippen LogP contribution in [-0.4, -0.2) is 40.9 Å². The average molecular weight is 418 g/mol. The van der Waals surface area contributed by atoms with Crippen molar-refractivity contribution >= 4 is 28.0 Å². The third kappa shape index (κ3) is 2.87. The zero-order valence-electron chi connectivity index (χ0n) is 17.2. The molecular weight excluding hydrogens is 399 g/mol. The molecule has 4 aromatic heterocycles. The molecule has 0 aliphatic rings. The maximum absolute atomic E-state index is 14.2. The smallest absolute Gasteiger partial charge is 0.329 e. The van der Waals surface area contributed by atoms with Crippen LogP contribution < -0.4 is 11.0 Å². The van der Waals surface area contributed by atoms with Crippen LogP contribution in [0.5, 0.6) is 0 Å². The molecule has 0 saturated carbocycles.